The Balaban J connectivity index is 1.84. The van der Waals surface area contributed by atoms with Gasteiger partial charge in [-0.1, -0.05) is 24.3 Å². The minimum Gasteiger partial charge on any atom is -0.481 e. The largest absolute Gasteiger partial charge is 0.481 e. The van der Waals surface area contributed by atoms with E-state index in [1.54, 1.807) is 16.0 Å². The van der Waals surface area contributed by atoms with Crippen molar-refractivity contribution in [1.82, 2.24) is 14.3 Å². The lowest BCUT2D eigenvalue weighted by atomic mass is 10.2. The summed E-state index contributed by atoms with van der Waals surface area (Å²) < 4.78 is 3.46. The summed E-state index contributed by atoms with van der Waals surface area (Å²) in [6, 6.07) is 15.2. The minimum atomic E-state index is -0.968. The molecule has 0 bridgehead atoms. The van der Waals surface area contributed by atoms with Gasteiger partial charge in [-0.15, -0.1) is 22.7 Å². The van der Waals surface area contributed by atoms with Gasteiger partial charge in [0.2, 0.25) is 0 Å². The van der Waals surface area contributed by atoms with Crippen LogP contribution in [-0.4, -0.2) is 25.4 Å². The number of para-hydroxylation sites is 1. The molecule has 0 unspecified atom stereocenters. The summed E-state index contributed by atoms with van der Waals surface area (Å²) in [6.45, 7) is 0.0604. The van der Waals surface area contributed by atoms with E-state index in [1.807, 2.05) is 54.0 Å². The number of hydrogen-bond donors (Lipinski definition) is 1. The average molecular weight is 442 g/mol. The topological polar surface area (TPSA) is 77.1 Å². The van der Waals surface area contributed by atoms with E-state index in [0.717, 1.165) is 21.8 Å². The summed E-state index contributed by atoms with van der Waals surface area (Å²) in [5.74, 6) is -0.968. The fraction of sp³-hybridized carbons (Fsp3) is 0.100. The molecule has 4 aromatic rings. The highest BCUT2D eigenvalue weighted by molar-refractivity contribution is 7.73. The molecular formula is C20H15N3O3S3. The number of carboxylic acid groups (broad SMARTS) is 1. The first-order valence-electron chi connectivity index (χ1n) is 8.69. The molecule has 0 aliphatic carbocycles. The van der Waals surface area contributed by atoms with E-state index in [9.17, 15) is 9.59 Å². The normalized spacial score (nSPS) is 10.9. The molecule has 0 saturated heterocycles. The highest BCUT2D eigenvalue weighted by atomic mass is 32.1. The van der Waals surface area contributed by atoms with Crippen LogP contribution in [0.1, 0.15) is 6.42 Å². The van der Waals surface area contributed by atoms with E-state index >= 15 is 0 Å². The maximum atomic E-state index is 12.6. The molecule has 0 aliphatic rings. The first-order valence-corrected chi connectivity index (χ1v) is 10.8. The molecule has 1 N–H and O–H groups in total. The van der Waals surface area contributed by atoms with Crippen LogP contribution in [-0.2, 0) is 11.3 Å². The second kappa shape index (κ2) is 8.24. The van der Waals surface area contributed by atoms with Crippen molar-refractivity contribution in [3.63, 3.8) is 0 Å². The number of thiophene rings is 1. The van der Waals surface area contributed by atoms with Gasteiger partial charge in [0.15, 0.2) is 3.95 Å². The zero-order valence-electron chi connectivity index (χ0n) is 15.0. The molecule has 3 heterocycles. The summed E-state index contributed by atoms with van der Waals surface area (Å²) in [4.78, 5) is 25.1. The molecule has 0 radical (unpaired) electrons. The smallest absolute Gasteiger partial charge is 0.305 e. The lowest BCUT2D eigenvalue weighted by Crippen LogP contribution is -2.20. The Morgan fingerprint density at radius 3 is 2.59 bits per heavy atom. The number of nitrogens with zero attached hydrogens (tertiary/aromatic N) is 3. The number of rotatable bonds is 6. The van der Waals surface area contributed by atoms with Gasteiger partial charge in [0.1, 0.15) is 5.69 Å². The van der Waals surface area contributed by atoms with Crippen LogP contribution >= 0.6 is 34.9 Å². The molecule has 0 fully saturated rings. The van der Waals surface area contributed by atoms with Crippen LogP contribution in [0.15, 0.2) is 64.9 Å². The van der Waals surface area contributed by atoms with Crippen LogP contribution in [0.5, 0.6) is 0 Å². The molecular weight excluding hydrogens is 426 g/mol. The number of benzene rings is 1. The summed E-state index contributed by atoms with van der Waals surface area (Å²) >= 11 is 8.24. The van der Waals surface area contributed by atoms with Crippen LogP contribution in [0.3, 0.4) is 0 Å². The first-order chi connectivity index (χ1) is 14.0. The second-order valence-corrected chi connectivity index (χ2v) is 8.78. The Bertz CT molecular complexity index is 1240. The second-order valence-electron chi connectivity index (χ2n) is 6.16. The number of carboxylic acids is 1. The van der Waals surface area contributed by atoms with Gasteiger partial charge in [0.05, 0.1) is 17.0 Å². The maximum absolute atomic E-state index is 12.6. The molecule has 9 heteroatoms. The Morgan fingerprint density at radius 1 is 1.14 bits per heavy atom. The van der Waals surface area contributed by atoms with E-state index in [2.05, 4.69) is 0 Å². The van der Waals surface area contributed by atoms with Crippen molar-refractivity contribution in [3.05, 3.63) is 74.4 Å². The van der Waals surface area contributed by atoms with Crippen molar-refractivity contribution >= 4 is 40.9 Å². The Kier molecular flexibility index (Phi) is 5.52. The van der Waals surface area contributed by atoms with E-state index in [1.165, 1.54) is 22.0 Å². The van der Waals surface area contributed by atoms with Crippen LogP contribution in [0, 0.1) is 3.95 Å². The third kappa shape index (κ3) is 4.12. The zero-order chi connectivity index (χ0) is 20.4. The highest BCUT2D eigenvalue weighted by Gasteiger charge is 2.17. The van der Waals surface area contributed by atoms with E-state index in [-0.39, 0.29) is 18.5 Å². The number of carbonyl (C=O) groups is 1. The standard InChI is InChI=1S/C20H15N3O3S3/c24-17-11-16(29-20(27)22(17)9-8-18(25)26)14-12-23(13-5-2-1-3-6-13)21-19(14)15-7-4-10-28-15/h1-7,10-12H,8-9H2,(H,25,26). The summed E-state index contributed by atoms with van der Waals surface area (Å²) in [7, 11) is 0. The molecule has 1 aromatic carbocycles. The summed E-state index contributed by atoms with van der Waals surface area (Å²) in [5, 5.41) is 15.6. The maximum Gasteiger partial charge on any atom is 0.305 e. The van der Waals surface area contributed by atoms with Crippen molar-refractivity contribution in [1.29, 1.82) is 0 Å². The fourth-order valence-corrected chi connectivity index (χ4v) is 4.94. The minimum absolute atomic E-state index is 0.0604. The predicted molar refractivity (Wildman–Crippen MR) is 118 cm³/mol. The third-order valence-corrected chi connectivity index (χ3v) is 6.54. The zero-order valence-corrected chi connectivity index (χ0v) is 17.5. The Hall–Kier alpha value is -2.88. The summed E-state index contributed by atoms with van der Waals surface area (Å²) in [6.07, 6.45) is 1.74. The first kappa shape index (κ1) is 19.4. The van der Waals surface area contributed by atoms with E-state index in [0.29, 0.717) is 8.83 Å². The molecule has 4 rings (SSSR count). The van der Waals surface area contributed by atoms with Gasteiger partial charge in [-0.2, -0.15) is 5.10 Å². The van der Waals surface area contributed by atoms with Gasteiger partial charge in [-0.3, -0.25) is 14.2 Å². The molecule has 3 aromatic heterocycles. The average Bonchev–Trinajstić information content (AvgIpc) is 3.37. The molecule has 6 nitrogen and oxygen atoms in total. The Labute approximate surface area is 179 Å². The van der Waals surface area contributed by atoms with Crippen molar-refractivity contribution in [3.8, 4) is 26.7 Å². The molecule has 29 heavy (non-hydrogen) atoms. The lowest BCUT2D eigenvalue weighted by molar-refractivity contribution is -0.137. The SMILES string of the molecule is O=C(O)CCn1c(=O)cc(-c2cn(-c3ccccc3)nc2-c2cccs2)sc1=S. The van der Waals surface area contributed by atoms with E-state index in [4.69, 9.17) is 22.4 Å². The van der Waals surface area contributed by atoms with Crippen LogP contribution < -0.4 is 5.56 Å². The molecule has 0 amide bonds. The Morgan fingerprint density at radius 2 is 1.93 bits per heavy atom. The molecule has 0 atom stereocenters. The quantitative estimate of drug-likeness (QED) is 0.439. The number of hydrogen-bond acceptors (Lipinski definition) is 6. The van der Waals surface area contributed by atoms with Gasteiger partial charge in [0.25, 0.3) is 5.56 Å². The highest BCUT2D eigenvalue weighted by Crippen LogP contribution is 2.35. The predicted octanol–water partition coefficient (Wildman–Crippen LogP) is 4.70. The lowest BCUT2D eigenvalue weighted by Gasteiger charge is -2.05. The van der Waals surface area contributed by atoms with Gasteiger partial charge in [-0.25, -0.2) is 4.68 Å². The van der Waals surface area contributed by atoms with Crippen LogP contribution in [0.4, 0.5) is 0 Å². The van der Waals surface area contributed by atoms with Crippen LogP contribution in [0.25, 0.3) is 26.7 Å². The van der Waals surface area contributed by atoms with Gasteiger partial charge < -0.3 is 5.11 Å². The van der Waals surface area contributed by atoms with E-state index < -0.39 is 5.97 Å². The molecule has 0 spiro atoms. The molecule has 0 aliphatic heterocycles. The number of aliphatic carboxylic acids is 1. The summed E-state index contributed by atoms with van der Waals surface area (Å²) in [5.41, 5.74) is 2.19. The van der Waals surface area contributed by atoms with Crippen molar-refractivity contribution in [2.75, 3.05) is 0 Å². The van der Waals surface area contributed by atoms with Crippen molar-refractivity contribution in [2.45, 2.75) is 13.0 Å². The van der Waals surface area contributed by atoms with Crippen molar-refractivity contribution < 1.29 is 9.90 Å². The number of aromatic nitrogens is 3. The van der Waals surface area contributed by atoms with Gasteiger partial charge in [-0.05, 0) is 35.8 Å². The van der Waals surface area contributed by atoms with Gasteiger partial charge in [0, 0.05) is 29.2 Å². The fourth-order valence-electron chi connectivity index (χ4n) is 2.86. The van der Waals surface area contributed by atoms with Crippen molar-refractivity contribution in [2.24, 2.45) is 0 Å². The molecule has 0 saturated carbocycles. The third-order valence-electron chi connectivity index (χ3n) is 4.24. The monoisotopic (exact) mass is 441 g/mol. The van der Waals surface area contributed by atoms with Gasteiger partial charge >= 0.3 is 5.97 Å². The molecule has 146 valence electrons. The van der Waals surface area contributed by atoms with Crippen LogP contribution in [0.2, 0.25) is 0 Å².